The second-order valence-electron chi connectivity index (χ2n) is 7.94. The van der Waals surface area contributed by atoms with Crippen LogP contribution in [0.15, 0.2) is 66.0 Å². The van der Waals surface area contributed by atoms with Crippen molar-refractivity contribution in [2.45, 2.75) is 4.90 Å². The summed E-state index contributed by atoms with van der Waals surface area (Å²) >= 11 is 0. The highest BCUT2D eigenvalue weighted by atomic mass is 32.2. The molecule has 0 atom stereocenters. The Morgan fingerprint density at radius 3 is 2.26 bits per heavy atom. The van der Waals surface area contributed by atoms with E-state index in [-0.39, 0.29) is 4.90 Å². The molecule has 5 aromatic rings. The van der Waals surface area contributed by atoms with Crippen LogP contribution in [-0.4, -0.2) is 58.4 Å². The maximum absolute atomic E-state index is 11.8. The predicted molar refractivity (Wildman–Crippen MR) is 131 cm³/mol. The van der Waals surface area contributed by atoms with Gasteiger partial charge >= 0.3 is 0 Å². The van der Waals surface area contributed by atoms with Crippen molar-refractivity contribution in [3.63, 3.8) is 0 Å². The van der Waals surface area contributed by atoms with Crippen molar-refractivity contribution in [2.75, 3.05) is 20.5 Å². The summed E-state index contributed by atoms with van der Waals surface area (Å²) in [6, 6.07) is 12.1. The second-order valence-corrected chi connectivity index (χ2v) is 9.96. The van der Waals surface area contributed by atoms with E-state index >= 15 is 0 Å². The molecular formula is C24H22N6O4S. The Balaban J connectivity index is 1.64. The van der Waals surface area contributed by atoms with Gasteiger partial charge < -0.3 is 9.47 Å². The molecule has 0 aliphatic rings. The summed E-state index contributed by atoms with van der Waals surface area (Å²) in [7, 11) is 1.72. The molecule has 0 aliphatic heterocycles. The Morgan fingerprint density at radius 2 is 1.63 bits per heavy atom. The second kappa shape index (κ2) is 8.51. The summed E-state index contributed by atoms with van der Waals surface area (Å²) < 4.78 is 37.7. The minimum Gasteiger partial charge on any atom is -0.493 e. The van der Waals surface area contributed by atoms with E-state index in [0.29, 0.717) is 34.4 Å². The molecular weight excluding hydrogens is 468 g/mol. The molecule has 0 saturated carbocycles. The number of aryl methyl sites for hydroxylation is 1. The highest BCUT2D eigenvalue weighted by Crippen LogP contribution is 2.35. The molecule has 0 saturated heterocycles. The van der Waals surface area contributed by atoms with E-state index in [4.69, 9.17) is 19.4 Å². The first-order valence-corrected chi connectivity index (χ1v) is 12.5. The number of ether oxygens (including phenoxy) is 2. The van der Waals surface area contributed by atoms with Crippen molar-refractivity contribution in [1.29, 1.82) is 0 Å². The summed E-state index contributed by atoms with van der Waals surface area (Å²) in [4.78, 5) is 9.75. The Kier molecular flexibility index (Phi) is 5.48. The summed E-state index contributed by atoms with van der Waals surface area (Å²) in [6.07, 6.45) is 6.49. The number of hydrogen-bond donors (Lipinski definition) is 0. The van der Waals surface area contributed by atoms with Crippen LogP contribution in [-0.2, 0) is 16.9 Å². The summed E-state index contributed by atoms with van der Waals surface area (Å²) in [5.74, 6) is 1.46. The van der Waals surface area contributed by atoms with Crippen LogP contribution in [0.5, 0.6) is 11.5 Å². The zero-order chi connectivity index (χ0) is 24.7. The van der Waals surface area contributed by atoms with Crippen molar-refractivity contribution in [3.8, 4) is 40.0 Å². The van der Waals surface area contributed by atoms with Crippen molar-refractivity contribution >= 4 is 20.7 Å². The van der Waals surface area contributed by atoms with Gasteiger partial charge in [0.2, 0.25) is 0 Å². The van der Waals surface area contributed by atoms with Gasteiger partial charge in [0, 0.05) is 42.7 Å². The van der Waals surface area contributed by atoms with E-state index in [1.54, 1.807) is 66.3 Å². The molecule has 11 heteroatoms. The highest BCUT2D eigenvalue weighted by molar-refractivity contribution is 7.90. The molecule has 3 heterocycles. The third kappa shape index (κ3) is 4.21. The number of aromatic nitrogens is 6. The number of benzene rings is 2. The van der Waals surface area contributed by atoms with Crippen molar-refractivity contribution < 1.29 is 17.9 Å². The van der Waals surface area contributed by atoms with Crippen LogP contribution in [0.4, 0.5) is 0 Å². The first-order chi connectivity index (χ1) is 16.8. The smallest absolute Gasteiger partial charge is 0.251 e. The Hall–Kier alpha value is -4.25. The molecule has 10 nitrogen and oxygen atoms in total. The van der Waals surface area contributed by atoms with Crippen LogP contribution in [0.25, 0.3) is 39.4 Å². The predicted octanol–water partition coefficient (Wildman–Crippen LogP) is 3.30. The third-order valence-corrected chi connectivity index (χ3v) is 6.68. The van der Waals surface area contributed by atoms with Crippen molar-refractivity contribution in [3.05, 3.63) is 61.1 Å². The molecule has 0 spiro atoms. The van der Waals surface area contributed by atoms with E-state index in [2.05, 4.69) is 10.2 Å². The Bertz CT molecular complexity index is 1660. The van der Waals surface area contributed by atoms with Gasteiger partial charge in [0.05, 0.1) is 30.8 Å². The molecule has 178 valence electrons. The van der Waals surface area contributed by atoms with Gasteiger partial charge in [-0.25, -0.2) is 23.1 Å². The number of fused-ring (bicyclic) bond motifs is 1. The molecule has 0 radical (unpaired) electrons. The lowest BCUT2D eigenvalue weighted by atomic mass is 10.1. The van der Waals surface area contributed by atoms with E-state index < -0.39 is 9.84 Å². The molecule has 0 aliphatic carbocycles. The fourth-order valence-electron chi connectivity index (χ4n) is 3.76. The van der Waals surface area contributed by atoms with Crippen LogP contribution < -0.4 is 9.47 Å². The normalized spacial score (nSPS) is 11.7. The topological polar surface area (TPSA) is 114 Å². The Morgan fingerprint density at radius 1 is 0.914 bits per heavy atom. The molecule has 2 aromatic carbocycles. The van der Waals surface area contributed by atoms with Crippen LogP contribution in [0.2, 0.25) is 0 Å². The minimum absolute atomic E-state index is 0.260. The van der Waals surface area contributed by atoms with E-state index in [0.717, 1.165) is 16.5 Å². The lowest BCUT2D eigenvalue weighted by molar-refractivity contribution is 0.356. The van der Waals surface area contributed by atoms with E-state index in [1.165, 1.54) is 6.26 Å². The quantitative estimate of drug-likeness (QED) is 0.356. The SMILES string of the molecule is COc1cc2nc(-n3cc(-c4ccc(S(C)(=O)=O)cc4)cn3)nc(-c3ccn(C)n3)c2cc1OC. The molecule has 0 amide bonds. The van der Waals surface area contributed by atoms with Gasteiger partial charge in [0.15, 0.2) is 21.3 Å². The first kappa shape index (κ1) is 22.5. The van der Waals surface area contributed by atoms with Gasteiger partial charge in [-0.1, -0.05) is 12.1 Å². The van der Waals surface area contributed by atoms with Crippen LogP contribution >= 0.6 is 0 Å². The van der Waals surface area contributed by atoms with Gasteiger partial charge in [-0.3, -0.25) is 4.68 Å². The monoisotopic (exact) mass is 490 g/mol. The lowest BCUT2D eigenvalue weighted by Gasteiger charge is -2.12. The van der Waals surface area contributed by atoms with Crippen molar-refractivity contribution in [2.24, 2.45) is 7.05 Å². The summed E-state index contributed by atoms with van der Waals surface area (Å²) in [5.41, 5.74) is 3.56. The molecule has 3 aromatic heterocycles. The minimum atomic E-state index is -3.27. The highest BCUT2D eigenvalue weighted by Gasteiger charge is 2.18. The number of nitrogens with zero attached hydrogens (tertiary/aromatic N) is 6. The zero-order valence-corrected chi connectivity index (χ0v) is 20.3. The standard InChI is InChI=1S/C24H22N6O4S/c1-29-10-9-19(28-29)23-18-11-21(33-2)22(34-3)12-20(18)26-24(27-23)30-14-16(13-25-30)15-5-7-17(8-6-15)35(4,31)32/h5-14H,1-4H3. The fourth-order valence-corrected chi connectivity index (χ4v) is 4.39. The van der Waals surface area contributed by atoms with Crippen molar-refractivity contribution in [1.82, 2.24) is 29.5 Å². The average Bonchev–Trinajstić information content (AvgIpc) is 3.51. The molecule has 0 N–H and O–H groups in total. The number of rotatable bonds is 6. The molecule has 35 heavy (non-hydrogen) atoms. The van der Waals surface area contributed by atoms with Gasteiger partial charge in [-0.15, -0.1) is 0 Å². The average molecular weight is 491 g/mol. The van der Waals surface area contributed by atoms with Gasteiger partial charge in [0.25, 0.3) is 5.95 Å². The van der Waals surface area contributed by atoms with Crippen LogP contribution in [0.3, 0.4) is 0 Å². The largest absolute Gasteiger partial charge is 0.493 e. The zero-order valence-electron chi connectivity index (χ0n) is 19.5. The molecule has 0 bridgehead atoms. The molecule has 5 rings (SSSR count). The van der Waals surface area contributed by atoms with E-state index in [9.17, 15) is 8.42 Å². The lowest BCUT2D eigenvalue weighted by Crippen LogP contribution is -2.04. The summed E-state index contributed by atoms with van der Waals surface area (Å²) in [5, 5.41) is 9.73. The summed E-state index contributed by atoms with van der Waals surface area (Å²) in [6.45, 7) is 0. The van der Waals surface area contributed by atoms with Gasteiger partial charge in [-0.05, 0) is 29.8 Å². The van der Waals surface area contributed by atoms with E-state index in [1.807, 2.05) is 25.4 Å². The maximum Gasteiger partial charge on any atom is 0.251 e. The fraction of sp³-hybridized carbons (Fsp3) is 0.167. The maximum atomic E-state index is 11.8. The molecule has 0 unspecified atom stereocenters. The van der Waals surface area contributed by atoms with Crippen LogP contribution in [0, 0.1) is 0 Å². The van der Waals surface area contributed by atoms with Gasteiger partial charge in [-0.2, -0.15) is 10.2 Å². The number of hydrogen-bond acceptors (Lipinski definition) is 8. The van der Waals surface area contributed by atoms with Gasteiger partial charge in [0.1, 0.15) is 11.4 Å². The first-order valence-electron chi connectivity index (χ1n) is 10.6. The molecule has 0 fully saturated rings. The Labute approximate surface area is 201 Å². The number of methoxy groups -OCH3 is 2. The third-order valence-electron chi connectivity index (χ3n) is 5.55. The van der Waals surface area contributed by atoms with Crippen LogP contribution in [0.1, 0.15) is 0 Å². The number of sulfone groups is 1.